The predicted octanol–water partition coefficient (Wildman–Crippen LogP) is 3.44. The Labute approximate surface area is 66.9 Å². The van der Waals surface area contributed by atoms with E-state index >= 15 is 0 Å². The maximum absolute atomic E-state index is 2.29. The smallest absolute Gasteiger partial charge is 0.0101 e. The van der Waals surface area contributed by atoms with Crippen molar-refractivity contribution in [1.82, 2.24) is 0 Å². The second-order valence-corrected chi connectivity index (χ2v) is 4.16. The molecule has 56 valence electrons. The maximum atomic E-state index is 2.29. The van der Waals surface area contributed by atoms with Gasteiger partial charge < -0.3 is 0 Å². The Morgan fingerprint density at radius 3 is 2.60 bits per heavy atom. The largest absolute Gasteiger partial charge is 0.148 e. The summed E-state index contributed by atoms with van der Waals surface area (Å²) in [6.07, 6.45) is 1.22. The van der Waals surface area contributed by atoms with E-state index in [0.29, 0.717) is 5.41 Å². The van der Waals surface area contributed by atoms with Crippen molar-refractivity contribution in [3.63, 3.8) is 0 Å². The van der Waals surface area contributed by atoms with Crippen LogP contribution in [0.5, 0.6) is 0 Å². The first-order chi connectivity index (χ1) is 4.67. The standard InChI is InChI=1S/C9H14S/c1-4-9(2,3)8-6-5-7-10-8/h5-7H,4H2,1-3H3. The zero-order valence-electron chi connectivity index (χ0n) is 6.85. The van der Waals surface area contributed by atoms with E-state index in [-0.39, 0.29) is 0 Å². The molecule has 1 rings (SSSR count). The summed E-state index contributed by atoms with van der Waals surface area (Å²) in [6, 6.07) is 4.34. The van der Waals surface area contributed by atoms with E-state index in [0.717, 1.165) is 0 Å². The lowest BCUT2D eigenvalue weighted by Crippen LogP contribution is -2.12. The topological polar surface area (TPSA) is 0 Å². The summed E-state index contributed by atoms with van der Waals surface area (Å²) in [5.74, 6) is 0. The Kier molecular flexibility index (Phi) is 2.14. The highest BCUT2D eigenvalue weighted by molar-refractivity contribution is 7.10. The summed E-state index contributed by atoms with van der Waals surface area (Å²) in [5, 5.41) is 2.15. The van der Waals surface area contributed by atoms with Gasteiger partial charge in [-0.2, -0.15) is 0 Å². The van der Waals surface area contributed by atoms with E-state index in [4.69, 9.17) is 0 Å². The highest BCUT2D eigenvalue weighted by Gasteiger charge is 2.17. The van der Waals surface area contributed by atoms with E-state index in [2.05, 4.69) is 38.3 Å². The Hall–Kier alpha value is -0.300. The van der Waals surface area contributed by atoms with E-state index in [9.17, 15) is 0 Å². The zero-order chi connectivity index (χ0) is 7.61. The van der Waals surface area contributed by atoms with Gasteiger partial charge in [-0.05, 0) is 23.3 Å². The molecule has 0 saturated heterocycles. The maximum Gasteiger partial charge on any atom is 0.0101 e. The minimum atomic E-state index is 0.383. The third-order valence-electron chi connectivity index (χ3n) is 2.07. The van der Waals surface area contributed by atoms with Crippen LogP contribution in [0.25, 0.3) is 0 Å². The molecule has 0 amide bonds. The highest BCUT2D eigenvalue weighted by Crippen LogP contribution is 2.29. The molecule has 0 spiro atoms. The van der Waals surface area contributed by atoms with Crippen LogP contribution in [0, 0.1) is 0 Å². The molecule has 0 fully saturated rings. The summed E-state index contributed by atoms with van der Waals surface area (Å²) >= 11 is 1.85. The third kappa shape index (κ3) is 1.40. The van der Waals surface area contributed by atoms with Gasteiger partial charge in [0.25, 0.3) is 0 Å². The van der Waals surface area contributed by atoms with Gasteiger partial charge in [0.05, 0.1) is 0 Å². The normalized spacial score (nSPS) is 11.9. The van der Waals surface area contributed by atoms with Crippen LogP contribution in [0.15, 0.2) is 17.5 Å². The number of rotatable bonds is 2. The predicted molar refractivity (Wildman–Crippen MR) is 47.6 cm³/mol. The molecule has 0 aliphatic carbocycles. The lowest BCUT2D eigenvalue weighted by atomic mass is 9.89. The van der Waals surface area contributed by atoms with Crippen LogP contribution in [-0.2, 0) is 5.41 Å². The molecule has 0 N–H and O–H groups in total. The van der Waals surface area contributed by atoms with Crippen LogP contribution < -0.4 is 0 Å². The van der Waals surface area contributed by atoms with Gasteiger partial charge >= 0.3 is 0 Å². The Balaban J connectivity index is 2.85. The van der Waals surface area contributed by atoms with Crippen LogP contribution in [0.2, 0.25) is 0 Å². The van der Waals surface area contributed by atoms with Gasteiger partial charge in [-0.25, -0.2) is 0 Å². The molecule has 0 nitrogen and oxygen atoms in total. The van der Waals surface area contributed by atoms with Gasteiger partial charge in [0, 0.05) is 4.88 Å². The van der Waals surface area contributed by atoms with Crippen LogP contribution in [0.3, 0.4) is 0 Å². The first-order valence-corrected chi connectivity index (χ1v) is 4.59. The van der Waals surface area contributed by atoms with Crippen molar-refractivity contribution in [2.75, 3.05) is 0 Å². The minimum Gasteiger partial charge on any atom is -0.148 e. The van der Waals surface area contributed by atoms with Gasteiger partial charge in [-0.15, -0.1) is 11.3 Å². The molecule has 0 saturated carbocycles. The van der Waals surface area contributed by atoms with Crippen molar-refractivity contribution in [1.29, 1.82) is 0 Å². The summed E-state index contributed by atoms with van der Waals surface area (Å²) in [4.78, 5) is 1.50. The van der Waals surface area contributed by atoms with Crippen molar-refractivity contribution in [2.45, 2.75) is 32.6 Å². The molecule has 1 aromatic rings. The van der Waals surface area contributed by atoms with Crippen molar-refractivity contribution in [3.05, 3.63) is 22.4 Å². The average molecular weight is 154 g/mol. The summed E-state index contributed by atoms with van der Waals surface area (Å²) in [5.41, 5.74) is 0.383. The molecule has 0 aliphatic rings. The number of thiophene rings is 1. The van der Waals surface area contributed by atoms with Gasteiger partial charge in [-0.3, -0.25) is 0 Å². The summed E-state index contributed by atoms with van der Waals surface area (Å²) in [7, 11) is 0. The van der Waals surface area contributed by atoms with E-state index in [1.165, 1.54) is 11.3 Å². The summed E-state index contributed by atoms with van der Waals surface area (Å²) in [6.45, 7) is 6.82. The molecule has 1 aromatic heterocycles. The molecular weight excluding hydrogens is 140 g/mol. The van der Waals surface area contributed by atoms with Gasteiger partial charge in [-0.1, -0.05) is 26.8 Å². The van der Waals surface area contributed by atoms with Crippen LogP contribution in [0.1, 0.15) is 32.1 Å². The summed E-state index contributed by atoms with van der Waals surface area (Å²) < 4.78 is 0. The first kappa shape index (κ1) is 7.80. The number of hydrogen-bond acceptors (Lipinski definition) is 1. The fourth-order valence-corrected chi connectivity index (χ4v) is 1.76. The molecule has 0 aromatic carbocycles. The fraction of sp³-hybridized carbons (Fsp3) is 0.556. The van der Waals surface area contributed by atoms with Crippen LogP contribution in [-0.4, -0.2) is 0 Å². The lowest BCUT2D eigenvalue weighted by molar-refractivity contribution is 0.517. The monoisotopic (exact) mass is 154 g/mol. The van der Waals surface area contributed by atoms with Crippen LogP contribution >= 0.6 is 11.3 Å². The molecule has 0 unspecified atom stereocenters. The third-order valence-corrected chi connectivity index (χ3v) is 3.31. The molecule has 0 bridgehead atoms. The quantitative estimate of drug-likeness (QED) is 0.612. The SMILES string of the molecule is CCC(C)(C)c1cccs1. The molecule has 1 heterocycles. The Morgan fingerprint density at radius 1 is 1.50 bits per heavy atom. The van der Waals surface area contributed by atoms with Gasteiger partial charge in [0.15, 0.2) is 0 Å². The van der Waals surface area contributed by atoms with Crippen molar-refractivity contribution in [3.8, 4) is 0 Å². The first-order valence-electron chi connectivity index (χ1n) is 3.71. The molecular formula is C9H14S. The minimum absolute atomic E-state index is 0.383. The highest BCUT2D eigenvalue weighted by atomic mass is 32.1. The molecule has 0 atom stereocenters. The average Bonchev–Trinajstić information content (AvgIpc) is 2.38. The molecule has 0 aliphatic heterocycles. The van der Waals surface area contributed by atoms with Crippen molar-refractivity contribution in [2.24, 2.45) is 0 Å². The Morgan fingerprint density at radius 2 is 2.20 bits per heavy atom. The number of hydrogen-bond donors (Lipinski definition) is 0. The second kappa shape index (κ2) is 2.75. The van der Waals surface area contributed by atoms with E-state index in [1.54, 1.807) is 0 Å². The second-order valence-electron chi connectivity index (χ2n) is 3.21. The van der Waals surface area contributed by atoms with Gasteiger partial charge in [0.2, 0.25) is 0 Å². The van der Waals surface area contributed by atoms with E-state index < -0.39 is 0 Å². The van der Waals surface area contributed by atoms with Crippen molar-refractivity contribution < 1.29 is 0 Å². The molecule has 1 heteroatoms. The lowest BCUT2D eigenvalue weighted by Gasteiger charge is -2.20. The van der Waals surface area contributed by atoms with E-state index in [1.807, 2.05) is 11.3 Å². The molecule has 10 heavy (non-hydrogen) atoms. The van der Waals surface area contributed by atoms with Gasteiger partial charge in [0.1, 0.15) is 0 Å². The fourth-order valence-electron chi connectivity index (χ4n) is 0.838. The zero-order valence-corrected chi connectivity index (χ0v) is 7.66. The Bertz CT molecular complexity index is 185. The van der Waals surface area contributed by atoms with Crippen molar-refractivity contribution >= 4 is 11.3 Å². The molecule has 0 radical (unpaired) electrons. The van der Waals surface area contributed by atoms with Crippen LogP contribution in [0.4, 0.5) is 0 Å².